The van der Waals surface area contributed by atoms with Crippen molar-refractivity contribution in [2.75, 3.05) is 32.7 Å². The quantitative estimate of drug-likeness (QED) is 0.844. The Bertz CT molecular complexity index is 884. The molecule has 1 fully saturated rings. The lowest BCUT2D eigenvalue weighted by Gasteiger charge is -2.22. The largest absolute Gasteiger partial charge is 0.351 e. The molecule has 0 unspecified atom stereocenters. The van der Waals surface area contributed by atoms with E-state index in [0.29, 0.717) is 43.9 Å². The lowest BCUT2D eigenvalue weighted by Crippen LogP contribution is -2.39. The van der Waals surface area contributed by atoms with Crippen molar-refractivity contribution in [3.8, 4) is 0 Å². The molecule has 6 heteroatoms. The van der Waals surface area contributed by atoms with Crippen LogP contribution in [-0.4, -0.2) is 54.3 Å². The summed E-state index contributed by atoms with van der Waals surface area (Å²) in [5, 5.41) is 2.90. The second kappa shape index (κ2) is 9.65. The Balaban J connectivity index is 1.48. The summed E-state index contributed by atoms with van der Waals surface area (Å²) in [6, 6.07) is 12.5. The maximum absolute atomic E-state index is 13.3. The highest BCUT2D eigenvalue weighted by molar-refractivity contribution is 5.94. The van der Waals surface area contributed by atoms with Gasteiger partial charge in [0.1, 0.15) is 5.82 Å². The van der Waals surface area contributed by atoms with Gasteiger partial charge in [0.15, 0.2) is 0 Å². The van der Waals surface area contributed by atoms with Crippen LogP contribution in [0.3, 0.4) is 0 Å². The molecule has 0 bridgehead atoms. The third kappa shape index (κ3) is 5.87. The molecule has 0 radical (unpaired) electrons. The number of nitrogens with zero attached hydrogens (tertiary/aromatic N) is 2. The van der Waals surface area contributed by atoms with Crippen LogP contribution >= 0.6 is 0 Å². The highest BCUT2D eigenvalue weighted by atomic mass is 19.1. The third-order valence-corrected chi connectivity index (χ3v) is 5.22. The van der Waals surface area contributed by atoms with Crippen molar-refractivity contribution in [1.29, 1.82) is 0 Å². The smallest absolute Gasteiger partial charge is 0.253 e. The Labute approximate surface area is 171 Å². The molecule has 5 nitrogen and oxygen atoms in total. The lowest BCUT2D eigenvalue weighted by molar-refractivity contribution is -0.122. The van der Waals surface area contributed by atoms with E-state index in [0.717, 1.165) is 24.1 Å². The zero-order chi connectivity index (χ0) is 20.8. The molecule has 1 heterocycles. The van der Waals surface area contributed by atoms with Gasteiger partial charge in [-0.05, 0) is 49.6 Å². The van der Waals surface area contributed by atoms with Crippen molar-refractivity contribution in [1.82, 2.24) is 15.1 Å². The molecule has 2 amide bonds. The van der Waals surface area contributed by atoms with Crippen LogP contribution in [0.5, 0.6) is 0 Å². The molecule has 2 aromatic carbocycles. The first-order valence-corrected chi connectivity index (χ1v) is 10.0. The summed E-state index contributed by atoms with van der Waals surface area (Å²) in [5.41, 5.74) is 3.23. The molecule has 3 rings (SSSR count). The predicted octanol–water partition coefficient (Wildman–Crippen LogP) is 2.91. The van der Waals surface area contributed by atoms with Crippen molar-refractivity contribution >= 4 is 11.8 Å². The van der Waals surface area contributed by atoms with Gasteiger partial charge in [-0.1, -0.05) is 29.8 Å². The molecule has 2 aromatic rings. The monoisotopic (exact) mass is 397 g/mol. The van der Waals surface area contributed by atoms with Gasteiger partial charge >= 0.3 is 0 Å². The van der Waals surface area contributed by atoms with Crippen molar-refractivity contribution < 1.29 is 14.0 Å². The molecular formula is C23H28FN3O2. The van der Waals surface area contributed by atoms with Crippen molar-refractivity contribution in [2.45, 2.75) is 26.8 Å². The summed E-state index contributed by atoms with van der Waals surface area (Å²) in [6.45, 7) is 7.12. The highest BCUT2D eigenvalue weighted by Gasteiger charge is 2.21. The van der Waals surface area contributed by atoms with Gasteiger partial charge < -0.3 is 10.2 Å². The number of rotatable bonds is 5. The maximum Gasteiger partial charge on any atom is 0.253 e. The van der Waals surface area contributed by atoms with E-state index in [1.807, 2.05) is 36.1 Å². The molecule has 0 aromatic heterocycles. The van der Waals surface area contributed by atoms with E-state index in [9.17, 15) is 14.0 Å². The summed E-state index contributed by atoms with van der Waals surface area (Å²) in [4.78, 5) is 29.0. The number of hydrogen-bond acceptors (Lipinski definition) is 3. The molecule has 0 saturated carbocycles. The van der Waals surface area contributed by atoms with E-state index in [-0.39, 0.29) is 17.6 Å². The number of amides is 2. The van der Waals surface area contributed by atoms with Gasteiger partial charge in [0.05, 0.1) is 6.54 Å². The van der Waals surface area contributed by atoms with Crippen LogP contribution in [0.25, 0.3) is 0 Å². The number of hydrogen-bond donors (Lipinski definition) is 1. The minimum atomic E-state index is -0.241. The summed E-state index contributed by atoms with van der Waals surface area (Å²) in [5.74, 6) is -0.258. The van der Waals surface area contributed by atoms with Gasteiger partial charge in [-0.3, -0.25) is 14.5 Å². The van der Waals surface area contributed by atoms with Gasteiger partial charge in [-0.15, -0.1) is 0 Å². The third-order valence-electron chi connectivity index (χ3n) is 5.22. The summed E-state index contributed by atoms with van der Waals surface area (Å²) >= 11 is 0. The van der Waals surface area contributed by atoms with E-state index >= 15 is 0 Å². The fourth-order valence-electron chi connectivity index (χ4n) is 3.57. The molecule has 1 N–H and O–H groups in total. The summed E-state index contributed by atoms with van der Waals surface area (Å²) < 4.78 is 13.3. The van der Waals surface area contributed by atoms with Crippen molar-refractivity contribution in [2.24, 2.45) is 0 Å². The zero-order valence-corrected chi connectivity index (χ0v) is 17.1. The van der Waals surface area contributed by atoms with Gasteiger partial charge in [-0.25, -0.2) is 4.39 Å². The fourth-order valence-corrected chi connectivity index (χ4v) is 3.57. The van der Waals surface area contributed by atoms with Crippen LogP contribution in [0, 0.1) is 19.7 Å². The molecule has 1 aliphatic rings. The average molecular weight is 397 g/mol. The van der Waals surface area contributed by atoms with E-state index < -0.39 is 0 Å². The topological polar surface area (TPSA) is 52.7 Å². The number of nitrogens with one attached hydrogen (secondary N) is 1. The number of halogens is 1. The number of benzene rings is 2. The Hall–Kier alpha value is -2.73. The van der Waals surface area contributed by atoms with E-state index in [1.165, 1.54) is 6.07 Å². The van der Waals surface area contributed by atoms with Crippen molar-refractivity contribution in [3.05, 3.63) is 70.5 Å². The standard InChI is InChI=1S/C23H28FN3O2/c1-17-5-3-6-20(13-17)23(29)27-10-4-9-26(11-12-27)16-22(28)25-15-19-7-8-21(24)18(2)14-19/h3,5-8,13-14H,4,9-12,15-16H2,1-2H3,(H,25,28). The summed E-state index contributed by atoms with van der Waals surface area (Å²) in [6.07, 6.45) is 0.835. The minimum absolute atomic E-state index is 0.0479. The number of carbonyl (C=O) groups is 2. The fraction of sp³-hybridized carbons (Fsp3) is 0.391. The van der Waals surface area contributed by atoms with Crippen molar-refractivity contribution in [3.63, 3.8) is 0 Å². The van der Waals surface area contributed by atoms with E-state index in [2.05, 4.69) is 10.2 Å². The first-order chi connectivity index (χ1) is 13.9. The molecule has 1 saturated heterocycles. The zero-order valence-electron chi connectivity index (χ0n) is 17.1. The second-order valence-electron chi connectivity index (χ2n) is 7.65. The molecule has 29 heavy (non-hydrogen) atoms. The molecule has 154 valence electrons. The highest BCUT2D eigenvalue weighted by Crippen LogP contribution is 2.12. The Morgan fingerprint density at radius 3 is 2.62 bits per heavy atom. The molecule has 0 aliphatic carbocycles. The lowest BCUT2D eigenvalue weighted by atomic mass is 10.1. The molecule has 0 spiro atoms. The van der Waals surface area contributed by atoms with Gasteiger partial charge in [-0.2, -0.15) is 0 Å². The Morgan fingerprint density at radius 2 is 1.86 bits per heavy atom. The first-order valence-electron chi connectivity index (χ1n) is 10.0. The Morgan fingerprint density at radius 1 is 1.03 bits per heavy atom. The predicted molar refractivity (Wildman–Crippen MR) is 111 cm³/mol. The van der Waals surface area contributed by atoms with Crippen LogP contribution in [0.2, 0.25) is 0 Å². The van der Waals surface area contributed by atoms with Crippen LogP contribution in [0.4, 0.5) is 4.39 Å². The minimum Gasteiger partial charge on any atom is -0.351 e. The summed E-state index contributed by atoms with van der Waals surface area (Å²) in [7, 11) is 0. The first kappa shape index (κ1) is 21.0. The molecule has 0 atom stereocenters. The van der Waals surface area contributed by atoms with Crippen LogP contribution in [0.15, 0.2) is 42.5 Å². The van der Waals surface area contributed by atoms with Gasteiger partial charge in [0.2, 0.25) is 5.91 Å². The van der Waals surface area contributed by atoms with Gasteiger partial charge in [0.25, 0.3) is 5.91 Å². The maximum atomic E-state index is 13.3. The van der Waals surface area contributed by atoms with Crippen LogP contribution in [0.1, 0.15) is 33.5 Å². The second-order valence-corrected chi connectivity index (χ2v) is 7.65. The average Bonchev–Trinajstić information content (AvgIpc) is 2.94. The molecule has 1 aliphatic heterocycles. The van der Waals surface area contributed by atoms with E-state index in [4.69, 9.17) is 0 Å². The van der Waals surface area contributed by atoms with Crippen LogP contribution < -0.4 is 5.32 Å². The molecular weight excluding hydrogens is 369 g/mol. The number of carbonyl (C=O) groups excluding carboxylic acids is 2. The normalized spacial score (nSPS) is 15.1. The van der Waals surface area contributed by atoms with Gasteiger partial charge in [0, 0.05) is 38.3 Å². The number of aryl methyl sites for hydroxylation is 2. The Kier molecular flexibility index (Phi) is 6.99. The van der Waals surface area contributed by atoms with Crippen LogP contribution in [-0.2, 0) is 11.3 Å². The SMILES string of the molecule is Cc1cccc(C(=O)N2CCCN(CC(=O)NCc3ccc(F)c(C)c3)CC2)c1. The van der Waals surface area contributed by atoms with E-state index in [1.54, 1.807) is 19.1 Å².